The van der Waals surface area contributed by atoms with E-state index >= 15 is 0 Å². The van der Waals surface area contributed by atoms with E-state index in [2.05, 4.69) is 26.0 Å². The molecule has 2 aliphatic carbocycles. The molecule has 2 fully saturated rings. The number of nitrogens with zero attached hydrogens (tertiary/aromatic N) is 2. The first-order chi connectivity index (χ1) is 16.5. The summed E-state index contributed by atoms with van der Waals surface area (Å²) in [5, 5.41) is 10.1. The molecule has 1 unspecified atom stereocenters. The van der Waals surface area contributed by atoms with E-state index in [0.717, 1.165) is 37.7 Å². The molecule has 3 aromatic rings. The van der Waals surface area contributed by atoms with Crippen LogP contribution in [-0.4, -0.2) is 39.0 Å². The minimum atomic E-state index is -0.689. The van der Waals surface area contributed by atoms with Gasteiger partial charge in [0.2, 0.25) is 11.7 Å². The van der Waals surface area contributed by atoms with Gasteiger partial charge in [0.05, 0.1) is 17.8 Å². The number of hydrogen-bond donors (Lipinski definition) is 3. The summed E-state index contributed by atoms with van der Waals surface area (Å²) in [6, 6.07) is 9.07. The van der Waals surface area contributed by atoms with Crippen LogP contribution < -0.4 is 10.8 Å². The second kappa shape index (κ2) is 9.12. The molecule has 10 heteroatoms. The second-order valence-electron chi connectivity index (χ2n) is 8.86. The van der Waals surface area contributed by atoms with Crippen LogP contribution in [0.3, 0.4) is 0 Å². The van der Waals surface area contributed by atoms with Crippen molar-refractivity contribution in [3.8, 4) is 22.7 Å². The number of nitrogens with one attached hydrogen (secondary N) is 3. The maximum Gasteiger partial charge on any atom is 0.335 e. The maximum absolute atomic E-state index is 12.5. The SMILES string of the molecule is CC(NC(=O)c1cc(-c2cccc(-c3ncc(C(=O)NOC(=O)C4CCC4)o3)c2)n[nH]1)C1CC1. The smallest absolute Gasteiger partial charge is 0.335 e. The zero-order chi connectivity index (χ0) is 23.7. The highest BCUT2D eigenvalue weighted by atomic mass is 16.7. The summed E-state index contributed by atoms with van der Waals surface area (Å²) in [5.41, 5.74) is 4.47. The zero-order valence-corrected chi connectivity index (χ0v) is 18.7. The van der Waals surface area contributed by atoms with E-state index in [1.165, 1.54) is 6.20 Å². The van der Waals surface area contributed by atoms with E-state index < -0.39 is 11.9 Å². The highest BCUT2D eigenvalue weighted by Crippen LogP contribution is 2.32. The minimum absolute atomic E-state index is 0.0784. The Labute approximate surface area is 195 Å². The Morgan fingerprint density at radius 1 is 1.12 bits per heavy atom. The van der Waals surface area contributed by atoms with Gasteiger partial charge in [-0.2, -0.15) is 10.6 Å². The summed E-state index contributed by atoms with van der Waals surface area (Å²) in [6.07, 6.45) is 6.12. The number of carbonyl (C=O) groups is 3. The van der Waals surface area contributed by atoms with Crippen molar-refractivity contribution in [2.24, 2.45) is 11.8 Å². The number of aromatic nitrogens is 3. The van der Waals surface area contributed by atoms with Crippen molar-refractivity contribution in [3.05, 3.63) is 48.0 Å². The van der Waals surface area contributed by atoms with Crippen LogP contribution in [0.4, 0.5) is 0 Å². The van der Waals surface area contributed by atoms with Crippen LogP contribution in [-0.2, 0) is 9.63 Å². The Morgan fingerprint density at radius 3 is 2.65 bits per heavy atom. The molecule has 0 radical (unpaired) electrons. The molecular formula is C24H25N5O5. The standard InChI is InChI=1S/C24H25N5O5/c1-13(14-8-9-14)26-21(30)19-11-18(27-28-19)16-6-3-7-17(10-16)23-25-12-20(33-23)22(31)29-34-24(32)15-4-2-5-15/h3,6-7,10-15H,2,4-5,8-9H2,1H3,(H,26,30)(H,27,28)(H,29,31). The molecule has 0 bridgehead atoms. The number of carbonyl (C=O) groups excluding carboxylic acids is 3. The molecule has 1 atom stereocenters. The van der Waals surface area contributed by atoms with Crippen molar-refractivity contribution in [3.63, 3.8) is 0 Å². The van der Waals surface area contributed by atoms with Crippen molar-refractivity contribution < 1.29 is 23.6 Å². The summed E-state index contributed by atoms with van der Waals surface area (Å²) in [4.78, 5) is 45.5. The Balaban J connectivity index is 1.24. The largest absolute Gasteiger partial charge is 0.431 e. The monoisotopic (exact) mass is 463 g/mol. The van der Waals surface area contributed by atoms with Gasteiger partial charge in [-0.05, 0) is 56.7 Å². The highest BCUT2D eigenvalue weighted by Gasteiger charge is 2.30. The number of H-pyrrole nitrogens is 1. The van der Waals surface area contributed by atoms with Gasteiger partial charge in [0.25, 0.3) is 5.91 Å². The predicted octanol–water partition coefficient (Wildman–Crippen LogP) is 3.25. The summed E-state index contributed by atoms with van der Waals surface area (Å²) in [7, 11) is 0. The number of rotatable bonds is 7. The quantitative estimate of drug-likeness (QED) is 0.457. The van der Waals surface area contributed by atoms with E-state index in [1.54, 1.807) is 24.3 Å². The Hall–Kier alpha value is -3.95. The number of hydrogen-bond acceptors (Lipinski definition) is 7. The van der Waals surface area contributed by atoms with Crippen LogP contribution in [0.15, 0.2) is 40.9 Å². The lowest BCUT2D eigenvalue weighted by atomic mass is 9.86. The average Bonchev–Trinajstić information content (AvgIpc) is 3.32. The van der Waals surface area contributed by atoms with Crippen LogP contribution in [0.5, 0.6) is 0 Å². The van der Waals surface area contributed by atoms with E-state index in [-0.39, 0.29) is 29.5 Å². The van der Waals surface area contributed by atoms with E-state index in [0.29, 0.717) is 22.9 Å². The second-order valence-corrected chi connectivity index (χ2v) is 8.86. The van der Waals surface area contributed by atoms with E-state index in [9.17, 15) is 14.4 Å². The summed E-state index contributed by atoms with van der Waals surface area (Å²) < 4.78 is 5.56. The van der Waals surface area contributed by atoms with E-state index in [4.69, 9.17) is 9.25 Å². The first-order valence-electron chi connectivity index (χ1n) is 11.4. The predicted molar refractivity (Wildman–Crippen MR) is 120 cm³/mol. The lowest BCUT2D eigenvalue weighted by molar-refractivity contribution is -0.157. The van der Waals surface area contributed by atoms with Gasteiger partial charge in [-0.25, -0.2) is 9.78 Å². The summed E-state index contributed by atoms with van der Waals surface area (Å²) in [5.74, 6) is -0.758. The molecule has 2 heterocycles. The van der Waals surface area contributed by atoms with Gasteiger partial charge in [0.15, 0.2) is 0 Å². The van der Waals surface area contributed by atoms with Gasteiger partial charge < -0.3 is 14.6 Å². The molecule has 0 aliphatic heterocycles. The highest BCUT2D eigenvalue weighted by molar-refractivity contribution is 5.94. The van der Waals surface area contributed by atoms with Crippen molar-refractivity contribution in [1.29, 1.82) is 0 Å². The molecule has 2 amide bonds. The number of benzene rings is 1. The molecule has 0 spiro atoms. The normalized spacial score (nSPS) is 16.4. The van der Waals surface area contributed by atoms with Crippen molar-refractivity contribution in [1.82, 2.24) is 26.0 Å². The van der Waals surface area contributed by atoms with Gasteiger partial charge in [-0.1, -0.05) is 18.6 Å². The molecule has 5 rings (SSSR count). The van der Waals surface area contributed by atoms with Crippen molar-refractivity contribution >= 4 is 17.8 Å². The topological polar surface area (TPSA) is 139 Å². The van der Waals surface area contributed by atoms with Crippen LogP contribution >= 0.6 is 0 Å². The Morgan fingerprint density at radius 2 is 1.91 bits per heavy atom. The molecule has 3 N–H and O–H groups in total. The lowest BCUT2D eigenvalue weighted by Crippen LogP contribution is -2.34. The minimum Gasteiger partial charge on any atom is -0.431 e. The van der Waals surface area contributed by atoms with Gasteiger partial charge >= 0.3 is 11.9 Å². The number of aromatic amines is 1. The summed E-state index contributed by atoms with van der Waals surface area (Å²) in [6.45, 7) is 2.01. The molecule has 1 aromatic carbocycles. The molecular weight excluding hydrogens is 438 g/mol. The van der Waals surface area contributed by atoms with Crippen molar-refractivity contribution in [2.75, 3.05) is 0 Å². The molecule has 2 saturated carbocycles. The third-order valence-electron chi connectivity index (χ3n) is 6.33. The first kappa shape index (κ1) is 21.9. The molecule has 10 nitrogen and oxygen atoms in total. The maximum atomic E-state index is 12.5. The van der Waals surface area contributed by atoms with Gasteiger partial charge in [-0.3, -0.25) is 14.7 Å². The fraction of sp³-hybridized carbons (Fsp3) is 0.375. The summed E-state index contributed by atoms with van der Waals surface area (Å²) >= 11 is 0. The van der Waals surface area contributed by atoms with Crippen LogP contribution in [0.25, 0.3) is 22.7 Å². The van der Waals surface area contributed by atoms with Crippen molar-refractivity contribution in [2.45, 2.75) is 45.1 Å². The first-order valence-corrected chi connectivity index (χ1v) is 11.4. The number of hydroxylamine groups is 1. The van der Waals surface area contributed by atoms with Crippen LogP contribution in [0, 0.1) is 11.8 Å². The molecule has 2 aromatic heterocycles. The van der Waals surface area contributed by atoms with Gasteiger partial charge in [-0.15, -0.1) is 0 Å². The van der Waals surface area contributed by atoms with E-state index in [1.807, 2.05) is 13.0 Å². The molecule has 34 heavy (non-hydrogen) atoms. The molecule has 0 saturated heterocycles. The van der Waals surface area contributed by atoms with Gasteiger partial charge in [0.1, 0.15) is 5.69 Å². The third kappa shape index (κ3) is 4.70. The number of amides is 2. The fourth-order valence-corrected chi connectivity index (χ4v) is 3.78. The average molecular weight is 463 g/mol. The fourth-order valence-electron chi connectivity index (χ4n) is 3.78. The molecule has 176 valence electrons. The Kier molecular flexibility index (Phi) is 5.87. The van der Waals surface area contributed by atoms with Crippen LogP contribution in [0.2, 0.25) is 0 Å². The van der Waals surface area contributed by atoms with Gasteiger partial charge in [0, 0.05) is 17.2 Å². The zero-order valence-electron chi connectivity index (χ0n) is 18.7. The third-order valence-corrected chi connectivity index (χ3v) is 6.33. The lowest BCUT2D eigenvalue weighted by Gasteiger charge is -2.22. The Bertz CT molecular complexity index is 1220. The molecule has 2 aliphatic rings. The van der Waals surface area contributed by atoms with Crippen LogP contribution in [0.1, 0.15) is 60.1 Å². The number of oxazole rings is 1.